The summed E-state index contributed by atoms with van der Waals surface area (Å²) in [7, 11) is 0. The van der Waals surface area contributed by atoms with Crippen LogP contribution in [0.15, 0.2) is 212 Å². The summed E-state index contributed by atoms with van der Waals surface area (Å²) in [5, 5.41) is 12.4. The molecule has 59 heavy (non-hydrogen) atoms. The molecule has 0 saturated heterocycles. The zero-order valence-electron chi connectivity index (χ0n) is 32.0. The van der Waals surface area contributed by atoms with Gasteiger partial charge in [-0.2, -0.15) is 0 Å². The van der Waals surface area contributed by atoms with Crippen molar-refractivity contribution in [3.63, 3.8) is 0 Å². The molecule has 0 spiro atoms. The van der Waals surface area contributed by atoms with E-state index in [1.807, 2.05) is 0 Å². The minimum absolute atomic E-state index is 1.14. The van der Waals surface area contributed by atoms with Gasteiger partial charge < -0.3 is 13.7 Å². The molecular formula is C56H35N3. The third kappa shape index (κ3) is 4.64. The zero-order valence-corrected chi connectivity index (χ0v) is 32.0. The Morgan fingerprint density at radius 1 is 0.237 bits per heavy atom. The molecule has 0 N–H and O–H groups in total. The molecule has 0 fully saturated rings. The van der Waals surface area contributed by atoms with Gasteiger partial charge in [0.15, 0.2) is 0 Å². The van der Waals surface area contributed by atoms with E-state index >= 15 is 0 Å². The molecule has 0 aliphatic carbocycles. The largest absolute Gasteiger partial charge is 0.309 e. The highest BCUT2D eigenvalue weighted by Crippen LogP contribution is 2.45. The van der Waals surface area contributed by atoms with E-state index in [2.05, 4.69) is 226 Å². The first-order chi connectivity index (χ1) is 29.3. The number of nitrogens with zero attached hydrogens (tertiary/aromatic N) is 3. The minimum Gasteiger partial charge on any atom is -0.309 e. The van der Waals surface area contributed by atoms with Crippen LogP contribution in [-0.2, 0) is 0 Å². The van der Waals surface area contributed by atoms with Gasteiger partial charge in [-0.15, -0.1) is 0 Å². The molecule has 0 unspecified atom stereocenters. The molecule has 0 radical (unpaired) electrons. The summed E-state index contributed by atoms with van der Waals surface area (Å²) in [4.78, 5) is 0. The van der Waals surface area contributed by atoms with Crippen molar-refractivity contribution in [2.75, 3.05) is 0 Å². The molecule has 0 amide bonds. The summed E-state index contributed by atoms with van der Waals surface area (Å²) < 4.78 is 7.36. The zero-order chi connectivity index (χ0) is 38.6. The van der Waals surface area contributed by atoms with E-state index in [0.29, 0.717) is 0 Å². The summed E-state index contributed by atoms with van der Waals surface area (Å²) >= 11 is 0. The molecule has 3 heterocycles. The van der Waals surface area contributed by atoms with Crippen molar-refractivity contribution in [3.8, 4) is 28.2 Å². The summed E-state index contributed by atoms with van der Waals surface area (Å²) in [6.45, 7) is 0. The predicted octanol–water partition coefficient (Wildman–Crippen LogP) is 15.0. The normalized spacial score (nSPS) is 12.1. The number of hydrogen-bond donors (Lipinski definition) is 0. The van der Waals surface area contributed by atoms with Gasteiger partial charge in [0.1, 0.15) is 0 Å². The molecule has 3 nitrogen and oxygen atoms in total. The Morgan fingerprint density at radius 3 is 1.53 bits per heavy atom. The molecule has 274 valence electrons. The molecule has 0 aliphatic heterocycles. The van der Waals surface area contributed by atoms with Crippen LogP contribution >= 0.6 is 0 Å². The van der Waals surface area contributed by atoms with Crippen LogP contribution in [0.25, 0.3) is 115 Å². The Morgan fingerprint density at radius 2 is 0.763 bits per heavy atom. The van der Waals surface area contributed by atoms with Crippen LogP contribution in [0.5, 0.6) is 0 Å². The Bertz CT molecular complexity index is 3840. The molecule has 13 aromatic rings. The molecule has 13 rings (SSSR count). The van der Waals surface area contributed by atoms with Crippen molar-refractivity contribution in [2.45, 2.75) is 0 Å². The van der Waals surface area contributed by atoms with Crippen LogP contribution in [0.3, 0.4) is 0 Å². The fourth-order valence-corrected chi connectivity index (χ4v) is 10.0. The third-order valence-electron chi connectivity index (χ3n) is 12.6. The quantitative estimate of drug-likeness (QED) is 0.170. The van der Waals surface area contributed by atoms with E-state index in [1.165, 1.54) is 98.1 Å². The monoisotopic (exact) mass is 749 g/mol. The summed E-state index contributed by atoms with van der Waals surface area (Å²) in [5.41, 5.74) is 13.1. The first kappa shape index (κ1) is 32.2. The van der Waals surface area contributed by atoms with Crippen molar-refractivity contribution in [1.82, 2.24) is 13.7 Å². The van der Waals surface area contributed by atoms with Gasteiger partial charge in [-0.25, -0.2) is 0 Å². The average Bonchev–Trinajstić information content (AvgIpc) is 3.93. The summed E-state index contributed by atoms with van der Waals surface area (Å²) in [6, 6.07) is 78.2. The lowest BCUT2D eigenvalue weighted by Crippen LogP contribution is -1.98. The molecule has 0 aliphatic rings. The van der Waals surface area contributed by atoms with Gasteiger partial charge in [-0.3, -0.25) is 0 Å². The van der Waals surface area contributed by atoms with Crippen molar-refractivity contribution in [3.05, 3.63) is 212 Å². The maximum atomic E-state index is 2.52. The van der Waals surface area contributed by atoms with Gasteiger partial charge in [0, 0.05) is 54.9 Å². The number of aromatic nitrogens is 3. The van der Waals surface area contributed by atoms with Crippen LogP contribution in [0, 0.1) is 0 Å². The highest BCUT2D eigenvalue weighted by atomic mass is 15.0. The summed E-state index contributed by atoms with van der Waals surface area (Å²) in [5.74, 6) is 0. The van der Waals surface area contributed by atoms with Crippen LogP contribution < -0.4 is 0 Å². The lowest BCUT2D eigenvalue weighted by molar-refractivity contribution is 1.17. The first-order valence-corrected chi connectivity index (χ1v) is 20.4. The van der Waals surface area contributed by atoms with Crippen molar-refractivity contribution in [2.24, 2.45) is 0 Å². The van der Waals surface area contributed by atoms with Crippen molar-refractivity contribution >= 4 is 87.0 Å². The van der Waals surface area contributed by atoms with Crippen LogP contribution in [0.1, 0.15) is 0 Å². The van der Waals surface area contributed by atoms with E-state index in [-0.39, 0.29) is 0 Å². The van der Waals surface area contributed by atoms with E-state index in [9.17, 15) is 0 Å². The Kier molecular flexibility index (Phi) is 6.72. The minimum atomic E-state index is 1.14. The first-order valence-electron chi connectivity index (χ1n) is 20.4. The second-order valence-electron chi connectivity index (χ2n) is 15.7. The highest BCUT2D eigenvalue weighted by molar-refractivity contribution is 6.22. The molecule has 0 bridgehead atoms. The maximum absolute atomic E-state index is 2.52. The van der Waals surface area contributed by atoms with Gasteiger partial charge in [0.2, 0.25) is 0 Å². The van der Waals surface area contributed by atoms with Crippen molar-refractivity contribution < 1.29 is 0 Å². The van der Waals surface area contributed by atoms with Crippen molar-refractivity contribution in [1.29, 1.82) is 0 Å². The van der Waals surface area contributed by atoms with Gasteiger partial charge in [-0.05, 0) is 99.9 Å². The lowest BCUT2D eigenvalue weighted by atomic mass is 9.94. The number of para-hydroxylation sites is 4. The second-order valence-corrected chi connectivity index (χ2v) is 15.7. The Hall–Kier alpha value is -7.88. The Labute approximate surface area is 339 Å². The van der Waals surface area contributed by atoms with Gasteiger partial charge >= 0.3 is 0 Å². The molecule has 10 aromatic carbocycles. The number of hydrogen-bond acceptors (Lipinski definition) is 0. The van der Waals surface area contributed by atoms with Crippen LogP contribution in [-0.4, -0.2) is 13.7 Å². The standard InChI is InChI=1S/C56H35N3/c1-2-17-40(18-3-1)57-51-24-12-9-21-45(51)48-35-42(29-31-53(48)57)59-52-25-13-10-22-46(52)49-33-38-16-6-7-19-43(38)55(56(49)59)39-27-30-47-44-20-8-11-23-50(44)58(54(47)34-39)41-28-26-36-14-4-5-15-37(36)32-41/h1-35H. The van der Waals surface area contributed by atoms with Gasteiger partial charge in [0.25, 0.3) is 0 Å². The van der Waals surface area contributed by atoms with E-state index in [4.69, 9.17) is 0 Å². The highest BCUT2D eigenvalue weighted by Gasteiger charge is 2.22. The predicted molar refractivity (Wildman–Crippen MR) is 250 cm³/mol. The number of benzene rings is 10. The fourth-order valence-electron chi connectivity index (χ4n) is 10.0. The Balaban J connectivity index is 1.14. The molecule has 3 aromatic heterocycles. The van der Waals surface area contributed by atoms with Gasteiger partial charge in [0.05, 0.1) is 33.1 Å². The average molecular weight is 750 g/mol. The smallest absolute Gasteiger partial charge is 0.0625 e. The maximum Gasteiger partial charge on any atom is 0.0625 e. The van der Waals surface area contributed by atoms with Gasteiger partial charge in [-0.1, -0.05) is 140 Å². The molecule has 0 saturated carbocycles. The lowest BCUT2D eigenvalue weighted by Gasteiger charge is -2.16. The molecular weight excluding hydrogens is 715 g/mol. The summed E-state index contributed by atoms with van der Waals surface area (Å²) in [6.07, 6.45) is 0. The third-order valence-corrected chi connectivity index (χ3v) is 12.6. The van der Waals surface area contributed by atoms with E-state index in [1.54, 1.807) is 0 Å². The van der Waals surface area contributed by atoms with E-state index < -0.39 is 0 Å². The van der Waals surface area contributed by atoms with E-state index in [0.717, 1.165) is 17.1 Å². The van der Waals surface area contributed by atoms with Crippen LogP contribution in [0.2, 0.25) is 0 Å². The molecule has 0 atom stereocenters. The topological polar surface area (TPSA) is 14.8 Å². The number of rotatable bonds is 4. The fraction of sp³-hybridized carbons (Fsp3) is 0. The number of fused-ring (bicyclic) bond motifs is 11. The second kappa shape index (κ2) is 12.3. The SMILES string of the molecule is c1ccc(-n2c3ccccc3c3cc(-n4c5ccccc5c5cc6ccccc6c(-c6ccc7c8ccccc8n(-c8ccc9ccccc9c8)c7c6)c54)ccc32)cc1. The molecule has 3 heteroatoms. The van der Waals surface area contributed by atoms with Crippen LogP contribution in [0.4, 0.5) is 0 Å².